The first-order chi connectivity index (χ1) is 8.71. The lowest BCUT2D eigenvalue weighted by molar-refractivity contribution is -0.148. The van der Waals surface area contributed by atoms with Crippen molar-refractivity contribution < 1.29 is 14.3 Å². The van der Waals surface area contributed by atoms with E-state index in [4.69, 9.17) is 9.47 Å². The van der Waals surface area contributed by atoms with E-state index in [0.717, 1.165) is 43.9 Å². The van der Waals surface area contributed by atoms with Crippen molar-refractivity contribution in [3.63, 3.8) is 0 Å². The fraction of sp³-hybridized carbons (Fsp3) is 0.923. The molecule has 0 heterocycles. The second kappa shape index (κ2) is 8.02. The molecule has 1 unspecified atom stereocenters. The van der Waals surface area contributed by atoms with Gasteiger partial charge in [0.2, 0.25) is 0 Å². The molecule has 1 atom stereocenters. The maximum atomic E-state index is 12.2. The van der Waals surface area contributed by atoms with Gasteiger partial charge in [0.15, 0.2) is 0 Å². The summed E-state index contributed by atoms with van der Waals surface area (Å²) in [6.45, 7) is 3.69. The van der Waals surface area contributed by atoms with Crippen molar-refractivity contribution in [2.24, 2.45) is 5.92 Å². The van der Waals surface area contributed by atoms with Crippen LogP contribution in [0.1, 0.15) is 26.2 Å². The second-order valence-corrected chi connectivity index (χ2v) is 5.81. The molecule has 18 heavy (non-hydrogen) atoms. The van der Waals surface area contributed by atoms with Crippen LogP contribution in [-0.2, 0) is 14.3 Å². The van der Waals surface area contributed by atoms with E-state index in [0.29, 0.717) is 5.92 Å². The highest BCUT2D eigenvalue weighted by Crippen LogP contribution is 2.42. The van der Waals surface area contributed by atoms with Gasteiger partial charge < -0.3 is 14.8 Å². The van der Waals surface area contributed by atoms with Gasteiger partial charge in [-0.25, -0.2) is 0 Å². The van der Waals surface area contributed by atoms with Gasteiger partial charge in [-0.15, -0.1) is 0 Å². The van der Waals surface area contributed by atoms with Crippen LogP contribution in [0, 0.1) is 5.92 Å². The summed E-state index contributed by atoms with van der Waals surface area (Å²) in [7, 11) is 3.18. The lowest BCUT2D eigenvalue weighted by Crippen LogP contribution is -2.57. The minimum Gasteiger partial charge on any atom is -0.468 e. The van der Waals surface area contributed by atoms with E-state index in [-0.39, 0.29) is 5.97 Å². The van der Waals surface area contributed by atoms with Gasteiger partial charge in [-0.2, -0.15) is 11.8 Å². The third-order valence-corrected chi connectivity index (χ3v) is 4.39. The monoisotopic (exact) mass is 275 g/mol. The molecule has 0 aromatic rings. The minimum absolute atomic E-state index is 0.108. The molecule has 4 nitrogen and oxygen atoms in total. The highest BCUT2D eigenvalue weighted by molar-refractivity contribution is 7.99. The molecule has 0 spiro atoms. The van der Waals surface area contributed by atoms with E-state index in [1.54, 1.807) is 18.9 Å². The molecule has 1 saturated carbocycles. The van der Waals surface area contributed by atoms with Crippen molar-refractivity contribution >= 4 is 17.7 Å². The first-order valence-corrected chi connectivity index (χ1v) is 7.76. The molecule has 1 fully saturated rings. The molecule has 1 aliphatic rings. The number of esters is 1. The SMILES string of the molecule is CCCNC(CSCCOC)(C(=O)OC)C1CC1. The van der Waals surface area contributed by atoms with Crippen molar-refractivity contribution in [2.45, 2.75) is 31.7 Å². The van der Waals surface area contributed by atoms with Crippen LogP contribution in [0.2, 0.25) is 0 Å². The smallest absolute Gasteiger partial charge is 0.327 e. The van der Waals surface area contributed by atoms with Crippen molar-refractivity contribution in [2.75, 3.05) is 38.9 Å². The van der Waals surface area contributed by atoms with E-state index in [2.05, 4.69) is 12.2 Å². The maximum absolute atomic E-state index is 12.2. The van der Waals surface area contributed by atoms with Crippen LogP contribution in [0.3, 0.4) is 0 Å². The molecule has 1 rings (SSSR count). The molecular weight excluding hydrogens is 250 g/mol. The Morgan fingerprint density at radius 3 is 2.67 bits per heavy atom. The third kappa shape index (κ3) is 4.14. The Morgan fingerprint density at radius 1 is 1.44 bits per heavy atom. The molecule has 0 saturated heterocycles. The molecule has 5 heteroatoms. The standard InChI is InChI=1S/C13H25NO3S/c1-4-7-14-13(11-5-6-11,12(15)17-3)10-18-9-8-16-2/h11,14H,4-10H2,1-3H3. The van der Waals surface area contributed by atoms with E-state index < -0.39 is 5.54 Å². The van der Waals surface area contributed by atoms with E-state index in [1.165, 1.54) is 7.11 Å². The topological polar surface area (TPSA) is 47.6 Å². The van der Waals surface area contributed by atoms with Gasteiger partial charge in [0, 0.05) is 18.6 Å². The van der Waals surface area contributed by atoms with Crippen LogP contribution < -0.4 is 5.32 Å². The molecule has 1 N–H and O–H groups in total. The van der Waals surface area contributed by atoms with Crippen molar-refractivity contribution in [3.8, 4) is 0 Å². The lowest BCUT2D eigenvalue weighted by Gasteiger charge is -2.32. The Kier molecular flexibility index (Phi) is 7.04. The molecule has 0 amide bonds. The van der Waals surface area contributed by atoms with Crippen molar-refractivity contribution in [1.29, 1.82) is 0 Å². The third-order valence-electron chi connectivity index (χ3n) is 3.28. The summed E-state index contributed by atoms with van der Waals surface area (Å²) in [5.41, 5.74) is -0.483. The molecule has 0 aromatic heterocycles. The summed E-state index contributed by atoms with van der Waals surface area (Å²) in [6, 6.07) is 0. The highest BCUT2D eigenvalue weighted by atomic mass is 32.2. The maximum Gasteiger partial charge on any atom is 0.327 e. The van der Waals surface area contributed by atoms with Gasteiger partial charge in [0.25, 0.3) is 0 Å². The lowest BCUT2D eigenvalue weighted by atomic mass is 9.95. The summed E-state index contributed by atoms with van der Waals surface area (Å²) >= 11 is 1.76. The van der Waals surface area contributed by atoms with Crippen molar-refractivity contribution in [3.05, 3.63) is 0 Å². The molecule has 0 radical (unpaired) electrons. The molecule has 106 valence electrons. The summed E-state index contributed by atoms with van der Waals surface area (Å²) < 4.78 is 10.1. The fourth-order valence-corrected chi connectivity index (χ4v) is 3.30. The van der Waals surface area contributed by atoms with Gasteiger partial charge in [0.1, 0.15) is 5.54 Å². The summed E-state index contributed by atoms with van der Waals surface area (Å²) in [6.07, 6.45) is 3.27. The van der Waals surface area contributed by atoms with Crippen LogP contribution in [0.25, 0.3) is 0 Å². The highest BCUT2D eigenvalue weighted by Gasteiger charge is 2.51. The Hall–Kier alpha value is -0.260. The first kappa shape index (κ1) is 15.8. The van der Waals surface area contributed by atoms with Crippen LogP contribution in [0.4, 0.5) is 0 Å². The zero-order valence-electron chi connectivity index (χ0n) is 11.7. The van der Waals surface area contributed by atoms with Crippen LogP contribution in [-0.4, -0.2) is 50.4 Å². The number of methoxy groups -OCH3 is 2. The predicted molar refractivity (Wildman–Crippen MR) is 75.0 cm³/mol. The molecule has 0 aromatic carbocycles. The summed E-state index contributed by atoms with van der Waals surface area (Å²) in [5, 5.41) is 3.44. The average Bonchev–Trinajstić information content (AvgIpc) is 3.22. The van der Waals surface area contributed by atoms with Gasteiger partial charge in [-0.1, -0.05) is 6.92 Å². The van der Waals surface area contributed by atoms with Gasteiger partial charge in [0.05, 0.1) is 13.7 Å². The summed E-state index contributed by atoms with van der Waals surface area (Å²) in [5.74, 6) is 2.01. The second-order valence-electron chi connectivity index (χ2n) is 4.71. The number of nitrogens with one attached hydrogen (secondary N) is 1. The van der Waals surface area contributed by atoms with Gasteiger partial charge in [-0.3, -0.25) is 4.79 Å². The Balaban J connectivity index is 2.60. The number of carbonyl (C=O) groups excluding carboxylic acids is 1. The number of hydrogen-bond donors (Lipinski definition) is 1. The number of rotatable bonds is 10. The van der Waals surface area contributed by atoms with Crippen molar-refractivity contribution in [1.82, 2.24) is 5.32 Å². The van der Waals surface area contributed by atoms with E-state index >= 15 is 0 Å². The number of carbonyl (C=O) groups is 1. The average molecular weight is 275 g/mol. The number of ether oxygens (including phenoxy) is 2. The van der Waals surface area contributed by atoms with E-state index in [1.807, 2.05) is 0 Å². The fourth-order valence-electron chi connectivity index (χ4n) is 2.09. The van der Waals surface area contributed by atoms with Crippen LogP contribution in [0.5, 0.6) is 0 Å². The van der Waals surface area contributed by atoms with Gasteiger partial charge in [-0.05, 0) is 31.7 Å². The minimum atomic E-state index is -0.483. The molecule has 0 bridgehead atoms. The molecule has 0 aliphatic heterocycles. The quantitative estimate of drug-likeness (QED) is 0.485. The largest absolute Gasteiger partial charge is 0.468 e. The van der Waals surface area contributed by atoms with Crippen LogP contribution >= 0.6 is 11.8 Å². The Bertz CT molecular complexity index is 259. The predicted octanol–water partition coefficient (Wildman–Crippen LogP) is 1.69. The zero-order chi connectivity index (χ0) is 13.4. The van der Waals surface area contributed by atoms with E-state index in [9.17, 15) is 4.79 Å². The number of hydrogen-bond acceptors (Lipinski definition) is 5. The first-order valence-electron chi connectivity index (χ1n) is 6.61. The summed E-state index contributed by atoms with van der Waals surface area (Å²) in [4.78, 5) is 12.2. The zero-order valence-corrected chi connectivity index (χ0v) is 12.5. The Labute approximate surface area is 114 Å². The molecule has 1 aliphatic carbocycles. The van der Waals surface area contributed by atoms with Crippen LogP contribution in [0.15, 0.2) is 0 Å². The molecular formula is C13H25NO3S. The number of thioether (sulfide) groups is 1. The van der Waals surface area contributed by atoms with Gasteiger partial charge >= 0.3 is 5.97 Å². The Morgan fingerprint density at radius 2 is 2.17 bits per heavy atom. The normalized spacial score (nSPS) is 18.4.